The van der Waals surface area contributed by atoms with E-state index in [1.807, 2.05) is 6.92 Å². The number of carbonyl (C=O) groups excluding carboxylic acids is 1. The van der Waals surface area contributed by atoms with Gasteiger partial charge >= 0.3 is 0 Å². The topological polar surface area (TPSA) is 97.2 Å². The molecule has 1 N–H and O–H groups in total. The summed E-state index contributed by atoms with van der Waals surface area (Å²) in [6, 6.07) is 6.39. The van der Waals surface area contributed by atoms with E-state index in [9.17, 15) is 13.2 Å². The SMILES string of the molecule is C[C@@H](Sc1nnc2n1CCCCC2)C(=O)Nc1ccc(S(=O)(=O)N2CCCC2)cc1. The van der Waals surface area contributed by atoms with E-state index in [1.54, 1.807) is 24.3 Å². The third kappa shape index (κ3) is 4.55. The van der Waals surface area contributed by atoms with Crippen LogP contribution in [-0.2, 0) is 27.8 Å². The number of nitrogens with one attached hydrogen (secondary N) is 1. The van der Waals surface area contributed by atoms with Crippen LogP contribution >= 0.6 is 11.8 Å². The Bertz CT molecular complexity index is 998. The lowest BCUT2D eigenvalue weighted by Gasteiger charge is -2.16. The Balaban J connectivity index is 1.38. The molecule has 1 saturated heterocycles. The Morgan fingerprint density at radius 3 is 2.47 bits per heavy atom. The fourth-order valence-corrected chi connectivity index (χ4v) is 6.20. The normalized spacial score (nSPS) is 18.6. The summed E-state index contributed by atoms with van der Waals surface area (Å²) >= 11 is 1.40. The van der Waals surface area contributed by atoms with Gasteiger partial charge in [0.1, 0.15) is 5.82 Å². The molecule has 0 radical (unpaired) electrons. The number of fused-ring (bicyclic) bond motifs is 1. The highest BCUT2D eigenvalue weighted by atomic mass is 32.2. The van der Waals surface area contributed by atoms with Crippen molar-refractivity contribution in [2.24, 2.45) is 0 Å². The maximum absolute atomic E-state index is 12.6. The molecule has 10 heteroatoms. The van der Waals surface area contributed by atoms with Gasteiger partial charge in [0.15, 0.2) is 5.16 Å². The van der Waals surface area contributed by atoms with E-state index in [0.717, 1.165) is 49.6 Å². The first kappa shape index (κ1) is 21.3. The first-order chi connectivity index (χ1) is 14.4. The molecule has 1 fully saturated rings. The van der Waals surface area contributed by atoms with Crippen molar-refractivity contribution < 1.29 is 13.2 Å². The van der Waals surface area contributed by atoms with E-state index in [-0.39, 0.29) is 16.1 Å². The van der Waals surface area contributed by atoms with Gasteiger partial charge in [-0.3, -0.25) is 4.79 Å². The second-order valence-electron chi connectivity index (χ2n) is 7.75. The Morgan fingerprint density at radius 2 is 1.73 bits per heavy atom. The molecule has 2 aromatic rings. The van der Waals surface area contributed by atoms with Gasteiger partial charge < -0.3 is 9.88 Å². The fourth-order valence-electron chi connectivity index (χ4n) is 3.79. The van der Waals surface area contributed by atoms with E-state index in [0.29, 0.717) is 18.8 Å². The number of amides is 1. The molecule has 0 bridgehead atoms. The van der Waals surface area contributed by atoms with E-state index in [2.05, 4.69) is 20.1 Å². The molecule has 1 amide bonds. The average Bonchev–Trinajstić information content (AvgIpc) is 3.34. The summed E-state index contributed by atoms with van der Waals surface area (Å²) in [5.74, 6) is 0.846. The lowest BCUT2D eigenvalue weighted by Crippen LogP contribution is -2.27. The van der Waals surface area contributed by atoms with Gasteiger partial charge in [0.2, 0.25) is 15.9 Å². The third-order valence-corrected chi connectivity index (χ3v) is 8.54. The smallest absolute Gasteiger partial charge is 0.243 e. The molecule has 162 valence electrons. The highest BCUT2D eigenvalue weighted by molar-refractivity contribution is 8.00. The van der Waals surface area contributed by atoms with E-state index >= 15 is 0 Å². The summed E-state index contributed by atoms with van der Waals surface area (Å²) in [6.07, 6.45) is 6.15. The summed E-state index contributed by atoms with van der Waals surface area (Å²) in [4.78, 5) is 12.9. The number of hydrogen-bond acceptors (Lipinski definition) is 6. The Morgan fingerprint density at radius 1 is 1.03 bits per heavy atom. The van der Waals surface area contributed by atoms with Crippen molar-refractivity contribution in [1.82, 2.24) is 19.1 Å². The second-order valence-corrected chi connectivity index (χ2v) is 11.0. The summed E-state index contributed by atoms with van der Waals surface area (Å²) in [7, 11) is -3.45. The van der Waals surface area contributed by atoms with Crippen LogP contribution in [0.3, 0.4) is 0 Å². The summed E-state index contributed by atoms with van der Waals surface area (Å²) in [6.45, 7) is 3.88. The first-order valence-corrected chi connectivity index (χ1v) is 12.8. The van der Waals surface area contributed by atoms with Crippen molar-refractivity contribution >= 4 is 33.4 Å². The summed E-state index contributed by atoms with van der Waals surface area (Å²) in [5.41, 5.74) is 0.577. The maximum Gasteiger partial charge on any atom is 0.243 e. The maximum atomic E-state index is 12.6. The quantitative estimate of drug-likeness (QED) is 0.681. The number of nitrogens with zero attached hydrogens (tertiary/aromatic N) is 4. The molecule has 2 aliphatic heterocycles. The third-order valence-electron chi connectivity index (χ3n) is 5.55. The monoisotopic (exact) mass is 449 g/mol. The van der Waals surface area contributed by atoms with Gasteiger partial charge in [0, 0.05) is 31.7 Å². The van der Waals surface area contributed by atoms with Crippen molar-refractivity contribution in [3.8, 4) is 0 Å². The molecule has 30 heavy (non-hydrogen) atoms. The predicted molar refractivity (Wildman–Crippen MR) is 116 cm³/mol. The highest BCUT2D eigenvalue weighted by Crippen LogP contribution is 2.27. The first-order valence-electron chi connectivity index (χ1n) is 10.4. The predicted octanol–water partition coefficient (Wildman–Crippen LogP) is 2.91. The van der Waals surface area contributed by atoms with Gasteiger partial charge in [0.05, 0.1) is 10.1 Å². The Labute approximate surface area is 181 Å². The molecule has 1 atom stereocenters. The van der Waals surface area contributed by atoms with Crippen LogP contribution in [-0.4, -0.2) is 51.7 Å². The number of benzene rings is 1. The van der Waals surface area contributed by atoms with Crippen LogP contribution in [0.25, 0.3) is 0 Å². The average molecular weight is 450 g/mol. The molecule has 1 aromatic carbocycles. The number of aromatic nitrogens is 3. The van der Waals surface area contributed by atoms with Gasteiger partial charge in [-0.05, 0) is 56.9 Å². The molecule has 0 unspecified atom stereocenters. The number of anilines is 1. The summed E-state index contributed by atoms with van der Waals surface area (Å²) < 4.78 is 28.9. The van der Waals surface area contributed by atoms with Crippen molar-refractivity contribution in [2.75, 3.05) is 18.4 Å². The number of aryl methyl sites for hydroxylation is 1. The van der Waals surface area contributed by atoms with Crippen LogP contribution in [0, 0.1) is 0 Å². The number of thioether (sulfide) groups is 1. The molecule has 0 spiro atoms. The molecule has 8 nitrogen and oxygen atoms in total. The molecule has 3 heterocycles. The largest absolute Gasteiger partial charge is 0.325 e. The van der Waals surface area contributed by atoms with Gasteiger partial charge in [-0.1, -0.05) is 18.2 Å². The van der Waals surface area contributed by atoms with Crippen LogP contribution in [0.2, 0.25) is 0 Å². The zero-order valence-electron chi connectivity index (χ0n) is 17.1. The van der Waals surface area contributed by atoms with Gasteiger partial charge in [-0.15, -0.1) is 10.2 Å². The highest BCUT2D eigenvalue weighted by Gasteiger charge is 2.27. The van der Waals surface area contributed by atoms with Crippen molar-refractivity contribution in [3.63, 3.8) is 0 Å². The number of sulfonamides is 1. The minimum Gasteiger partial charge on any atom is -0.325 e. The van der Waals surface area contributed by atoms with Gasteiger partial charge in [0.25, 0.3) is 0 Å². The standard InChI is InChI=1S/C20H27N5O3S2/c1-15(29-20-23-22-18-7-3-2-4-14-25(18)20)19(26)21-16-8-10-17(11-9-16)30(27,28)24-12-5-6-13-24/h8-11,15H,2-7,12-14H2,1H3,(H,21,26)/t15-/m1/s1. The van der Waals surface area contributed by atoms with Crippen molar-refractivity contribution in [3.05, 3.63) is 30.1 Å². The zero-order valence-corrected chi connectivity index (χ0v) is 18.7. The van der Waals surface area contributed by atoms with Crippen LogP contribution in [0.5, 0.6) is 0 Å². The van der Waals surface area contributed by atoms with E-state index < -0.39 is 10.0 Å². The number of hydrogen-bond donors (Lipinski definition) is 1. The van der Waals surface area contributed by atoms with Gasteiger partial charge in [-0.25, -0.2) is 8.42 Å². The summed E-state index contributed by atoms with van der Waals surface area (Å²) in [5, 5.41) is 11.8. The van der Waals surface area contributed by atoms with Gasteiger partial charge in [-0.2, -0.15) is 4.31 Å². The van der Waals surface area contributed by atoms with Crippen molar-refractivity contribution in [1.29, 1.82) is 0 Å². The molecule has 1 aromatic heterocycles. The zero-order chi connectivity index (χ0) is 21.1. The van der Waals surface area contributed by atoms with Crippen molar-refractivity contribution in [2.45, 2.75) is 67.3 Å². The van der Waals surface area contributed by atoms with Crippen LogP contribution in [0.1, 0.15) is 44.9 Å². The molecule has 0 aliphatic carbocycles. The van der Waals surface area contributed by atoms with Crippen LogP contribution < -0.4 is 5.32 Å². The minimum absolute atomic E-state index is 0.152. The van der Waals surface area contributed by atoms with E-state index in [1.165, 1.54) is 22.5 Å². The number of carbonyl (C=O) groups is 1. The lowest BCUT2D eigenvalue weighted by atomic mass is 10.2. The number of rotatable bonds is 6. The Kier molecular flexibility index (Phi) is 6.45. The Hall–Kier alpha value is -1.91. The second kappa shape index (κ2) is 9.07. The molecular weight excluding hydrogens is 422 g/mol. The van der Waals surface area contributed by atoms with E-state index in [4.69, 9.17) is 0 Å². The molecule has 4 rings (SSSR count). The van der Waals surface area contributed by atoms with Crippen LogP contribution in [0.4, 0.5) is 5.69 Å². The fraction of sp³-hybridized carbons (Fsp3) is 0.550. The lowest BCUT2D eigenvalue weighted by molar-refractivity contribution is -0.115. The molecule has 0 saturated carbocycles. The minimum atomic E-state index is -3.45. The van der Waals surface area contributed by atoms with Crippen LogP contribution in [0.15, 0.2) is 34.3 Å². The molecule has 2 aliphatic rings. The molecular formula is C20H27N5O3S2.